The molecular formula is C16H20N4O2S. The highest BCUT2D eigenvalue weighted by atomic mass is 32.2. The number of hydrogen-bond donors (Lipinski definition) is 1. The van der Waals surface area contributed by atoms with Gasteiger partial charge in [-0.3, -0.25) is 0 Å². The molecule has 1 unspecified atom stereocenters. The molecular weight excluding hydrogens is 312 g/mol. The zero-order valence-electron chi connectivity index (χ0n) is 12.8. The fourth-order valence-electron chi connectivity index (χ4n) is 2.97. The smallest absolute Gasteiger partial charge is 0.241 e. The van der Waals surface area contributed by atoms with E-state index in [1.165, 1.54) is 18.0 Å². The average Bonchev–Trinajstić information content (AvgIpc) is 2.81. The SMILES string of the molecule is NS(=O)(=O)c1cnc(N2CCCC(c3ccccc3)CC2)nc1. The summed E-state index contributed by atoms with van der Waals surface area (Å²) in [4.78, 5) is 10.4. The summed E-state index contributed by atoms with van der Waals surface area (Å²) in [6.07, 6.45) is 5.77. The van der Waals surface area contributed by atoms with Gasteiger partial charge in [0, 0.05) is 13.1 Å². The highest BCUT2D eigenvalue weighted by Crippen LogP contribution is 2.28. The van der Waals surface area contributed by atoms with Crippen molar-refractivity contribution in [2.24, 2.45) is 5.14 Å². The second-order valence-electron chi connectivity index (χ2n) is 5.79. The van der Waals surface area contributed by atoms with Gasteiger partial charge >= 0.3 is 0 Å². The Morgan fingerprint density at radius 1 is 1.04 bits per heavy atom. The molecule has 1 aromatic carbocycles. The minimum absolute atomic E-state index is 0.0572. The topological polar surface area (TPSA) is 89.2 Å². The Labute approximate surface area is 136 Å². The number of hydrogen-bond acceptors (Lipinski definition) is 5. The first kappa shape index (κ1) is 15.9. The summed E-state index contributed by atoms with van der Waals surface area (Å²) in [5.41, 5.74) is 1.37. The summed E-state index contributed by atoms with van der Waals surface area (Å²) in [7, 11) is -3.75. The van der Waals surface area contributed by atoms with Gasteiger partial charge < -0.3 is 4.90 Å². The van der Waals surface area contributed by atoms with Crippen LogP contribution in [0.4, 0.5) is 5.95 Å². The van der Waals surface area contributed by atoms with Crippen molar-refractivity contribution in [3.63, 3.8) is 0 Å². The van der Waals surface area contributed by atoms with Crippen molar-refractivity contribution in [3.8, 4) is 0 Å². The molecule has 1 aliphatic rings. The third kappa shape index (κ3) is 3.86. The van der Waals surface area contributed by atoms with Crippen LogP contribution in [0.2, 0.25) is 0 Å². The fourth-order valence-corrected chi connectivity index (χ4v) is 3.37. The maximum atomic E-state index is 11.3. The van der Waals surface area contributed by atoms with E-state index in [1.54, 1.807) is 0 Å². The molecule has 0 spiro atoms. The van der Waals surface area contributed by atoms with Crippen LogP contribution in [0.15, 0.2) is 47.6 Å². The van der Waals surface area contributed by atoms with Gasteiger partial charge in [0.2, 0.25) is 16.0 Å². The van der Waals surface area contributed by atoms with Crippen LogP contribution in [0.3, 0.4) is 0 Å². The molecule has 1 atom stereocenters. The lowest BCUT2D eigenvalue weighted by molar-refractivity contribution is 0.596. The lowest BCUT2D eigenvalue weighted by Gasteiger charge is -2.20. The van der Waals surface area contributed by atoms with Crippen LogP contribution < -0.4 is 10.0 Å². The Balaban J connectivity index is 1.71. The predicted molar refractivity (Wildman–Crippen MR) is 88.7 cm³/mol. The van der Waals surface area contributed by atoms with Crippen LogP contribution in [0.25, 0.3) is 0 Å². The number of nitrogens with two attached hydrogens (primary N) is 1. The van der Waals surface area contributed by atoms with E-state index in [-0.39, 0.29) is 4.90 Å². The second kappa shape index (κ2) is 6.64. The van der Waals surface area contributed by atoms with E-state index in [9.17, 15) is 8.42 Å². The highest BCUT2D eigenvalue weighted by Gasteiger charge is 2.20. The van der Waals surface area contributed by atoms with E-state index in [1.807, 2.05) is 6.07 Å². The van der Waals surface area contributed by atoms with Crippen LogP contribution in [0.5, 0.6) is 0 Å². The zero-order chi connectivity index (χ0) is 16.3. The molecule has 0 amide bonds. The normalized spacial score (nSPS) is 19.3. The van der Waals surface area contributed by atoms with Crippen LogP contribution in [0, 0.1) is 0 Å². The Morgan fingerprint density at radius 3 is 2.39 bits per heavy atom. The second-order valence-corrected chi connectivity index (χ2v) is 7.35. The summed E-state index contributed by atoms with van der Waals surface area (Å²) in [5.74, 6) is 1.11. The van der Waals surface area contributed by atoms with E-state index in [2.05, 4.69) is 39.1 Å². The number of aromatic nitrogens is 2. The molecule has 2 N–H and O–H groups in total. The van der Waals surface area contributed by atoms with Crippen LogP contribution in [-0.2, 0) is 10.0 Å². The molecule has 3 rings (SSSR count). The Kier molecular flexibility index (Phi) is 4.58. The van der Waals surface area contributed by atoms with Gasteiger partial charge in [-0.05, 0) is 30.7 Å². The number of anilines is 1. The van der Waals surface area contributed by atoms with Crippen molar-refractivity contribution >= 4 is 16.0 Å². The number of sulfonamides is 1. The maximum absolute atomic E-state index is 11.3. The summed E-state index contributed by atoms with van der Waals surface area (Å²) < 4.78 is 22.5. The molecule has 0 radical (unpaired) electrons. The molecule has 1 saturated heterocycles. The molecule has 2 aromatic rings. The van der Waals surface area contributed by atoms with Gasteiger partial charge in [-0.2, -0.15) is 0 Å². The molecule has 0 saturated carbocycles. The number of benzene rings is 1. The monoisotopic (exact) mass is 332 g/mol. The Hall–Kier alpha value is -1.99. The molecule has 0 bridgehead atoms. The quantitative estimate of drug-likeness (QED) is 0.927. The van der Waals surface area contributed by atoms with Crippen molar-refractivity contribution < 1.29 is 8.42 Å². The minimum Gasteiger partial charge on any atom is -0.341 e. The van der Waals surface area contributed by atoms with Gasteiger partial charge in [-0.25, -0.2) is 23.5 Å². The third-order valence-corrected chi connectivity index (χ3v) is 5.09. The minimum atomic E-state index is -3.75. The van der Waals surface area contributed by atoms with E-state index in [0.717, 1.165) is 32.4 Å². The van der Waals surface area contributed by atoms with Gasteiger partial charge in [0.25, 0.3) is 0 Å². The lowest BCUT2D eigenvalue weighted by Crippen LogP contribution is -2.26. The lowest BCUT2D eigenvalue weighted by atomic mass is 9.92. The maximum Gasteiger partial charge on any atom is 0.241 e. The summed E-state index contributed by atoms with van der Waals surface area (Å²) >= 11 is 0. The first-order valence-corrected chi connectivity index (χ1v) is 9.23. The van der Waals surface area contributed by atoms with E-state index in [4.69, 9.17) is 5.14 Å². The first-order valence-electron chi connectivity index (χ1n) is 7.69. The molecule has 1 fully saturated rings. The van der Waals surface area contributed by atoms with E-state index in [0.29, 0.717) is 11.9 Å². The number of nitrogens with zero attached hydrogens (tertiary/aromatic N) is 3. The molecule has 1 aromatic heterocycles. The highest BCUT2D eigenvalue weighted by molar-refractivity contribution is 7.89. The standard InChI is InChI=1S/C16H20N4O2S/c17-23(21,22)15-11-18-16(19-12-15)20-9-4-7-14(8-10-20)13-5-2-1-3-6-13/h1-3,5-6,11-12,14H,4,7-10H2,(H2,17,21,22). The van der Waals surface area contributed by atoms with Gasteiger partial charge in [0.1, 0.15) is 4.90 Å². The van der Waals surface area contributed by atoms with Crippen LogP contribution in [-0.4, -0.2) is 31.5 Å². The largest absolute Gasteiger partial charge is 0.341 e. The van der Waals surface area contributed by atoms with Crippen molar-refractivity contribution in [2.45, 2.75) is 30.1 Å². The Bertz CT molecular complexity index is 747. The molecule has 2 heterocycles. The number of primary sulfonamides is 1. The predicted octanol–water partition coefficient (Wildman–Crippen LogP) is 1.90. The Morgan fingerprint density at radius 2 is 1.74 bits per heavy atom. The summed E-state index contributed by atoms with van der Waals surface area (Å²) in [5, 5.41) is 5.07. The molecule has 23 heavy (non-hydrogen) atoms. The molecule has 6 nitrogen and oxygen atoms in total. The third-order valence-electron chi connectivity index (χ3n) is 4.22. The summed E-state index contributed by atoms with van der Waals surface area (Å²) in [6.45, 7) is 1.73. The molecule has 1 aliphatic heterocycles. The van der Waals surface area contributed by atoms with Crippen molar-refractivity contribution in [3.05, 3.63) is 48.3 Å². The van der Waals surface area contributed by atoms with Gasteiger partial charge in [-0.1, -0.05) is 30.3 Å². The zero-order valence-corrected chi connectivity index (χ0v) is 13.6. The van der Waals surface area contributed by atoms with Gasteiger partial charge in [0.05, 0.1) is 12.4 Å². The van der Waals surface area contributed by atoms with E-state index >= 15 is 0 Å². The summed E-state index contributed by atoms with van der Waals surface area (Å²) in [6, 6.07) is 10.5. The number of rotatable bonds is 3. The van der Waals surface area contributed by atoms with Gasteiger partial charge in [-0.15, -0.1) is 0 Å². The van der Waals surface area contributed by atoms with Crippen molar-refractivity contribution in [2.75, 3.05) is 18.0 Å². The van der Waals surface area contributed by atoms with Gasteiger partial charge in [0.15, 0.2) is 0 Å². The van der Waals surface area contributed by atoms with Crippen LogP contribution >= 0.6 is 0 Å². The molecule has 7 heteroatoms. The van der Waals surface area contributed by atoms with Crippen LogP contribution in [0.1, 0.15) is 30.7 Å². The van der Waals surface area contributed by atoms with E-state index < -0.39 is 10.0 Å². The molecule has 0 aliphatic carbocycles. The fraction of sp³-hybridized carbons (Fsp3) is 0.375. The van der Waals surface area contributed by atoms with Crippen molar-refractivity contribution in [1.29, 1.82) is 0 Å². The average molecular weight is 332 g/mol. The molecule has 122 valence electrons. The first-order chi connectivity index (χ1) is 11.0. The van der Waals surface area contributed by atoms with Crippen molar-refractivity contribution in [1.82, 2.24) is 9.97 Å².